The fourth-order valence-electron chi connectivity index (χ4n) is 2.07. The lowest BCUT2D eigenvalue weighted by Crippen LogP contribution is -2.15. The minimum Gasteiger partial charge on any atom is -0.381 e. The van der Waals surface area contributed by atoms with Gasteiger partial charge in [-0.2, -0.15) is 0 Å². The van der Waals surface area contributed by atoms with Crippen molar-refractivity contribution in [3.05, 3.63) is 59.7 Å². The van der Waals surface area contributed by atoms with Crippen LogP contribution in [-0.4, -0.2) is 14.2 Å². The van der Waals surface area contributed by atoms with E-state index < -0.39 is 10.0 Å². The molecule has 4 nitrogen and oxygen atoms in total. The van der Waals surface area contributed by atoms with Gasteiger partial charge < -0.3 is 5.32 Å². The Morgan fingerprint density at radius 1 is 0.909 bits per heavy atom. The first kappa shape index (κ1) is 16.4. The van der Waals surface area contributed by atoms with Gasteiger partial charge in [-0.25, -0.2) is 8.42 Å². The topological polar surface area (TPSA) is 58.2 Å². The zero-order valence-corrected chi connectivity index (χ0v) is 13.8. The highest BCUT2D eigenvalue weighted by Crippen LogP contribution is 2.16. The Balaban J connectivity index is 1.93. The van der Waals surface area contributed by atoms with E-state index in [0.29, 0.717) is 12.1 Å². The zero-order chi connectivity index (χ0) is 16.0. The second-order valence-electron chi connectivity index (χ2n) is 5.34. The Morgan fingerprint density at radius 2 is 1.50 bits per heavy atom. The number of hydrogen-bond donors (Lipinski definition) is 2. The molecular weight excluding hydrogens is 296 g/mol. The largest absolute Gasteiger partial charge is 0.381 e. The Hall–Kier alpha value is -2.01. The third-order valence-corrected chi connectivity index (χ3v) is 4.74. The average molecular weight is 318 g/mol. The first-order chi connectivity index (χ1) is 10.5. The minimum atomic E-state index is -3.23. The van der Waals surface area contributed by atoms with Crippen LogP contribution in [0.3, 0.4) is 0 Å². The van der Waals surface area contributed by atoms with Gasteiger partial charge in [-0.05, 0) is 43.2 Å². The molecule has 0 atom stereocenters. The molecule has 22 heavy (non-hydrogen) atoms. The van der Waals surface area contributed by atoms with Crippen molar-refractivity contribution in [3.63, 3.8) is 0 Å². The molecule has 2 N–H and O–H groups in total. The molecule has 0 aliphatic heterocycles. The van der Waals surface area contributed by atoms with E-state index in [9.17, 15) is 8.42 Å². The summed E-state index contributed by atoms with van der Waals surface area (Å²) in [5.41, 5.74) is 4.00. The molecule has 0 bridgehead atoms. The maximum atomic E-state index is 11.7. The van der Waals surface area contributed by atoms with Crippen molar-refractivity contribution in [1.29, 1.82) is 0 Å². The van der Waals surface area contributed by atoms with Crippen LogP contribution >= 0.6 is 0 Å². The maximum Gasteiger partial charge on any atom is 0.232 e. The number of nitrogens with one attached hydrogen (secondary N) is 2. The SMILES string of the molecule is CCCS(=O)(=O)Nc1ccc(NCc2ccc(C)cc2)cc1. The van der Waals surface area contributed by atoms with E-state index in [0.717, 1.165) is 12.2 Å². The molecule has 0 fully saturated rings. The normalized spacial score (nSPS) is 11.2. The van der Waals surface area contributed by atoms with Crippen LogP contribution in [0.1, 0.15) is 24.5 Å². The summed E-state index contributed by atoms with van der Waals surface area (Å²) < 4.78 is 26.0. The summed E-state index contributed by atoms with van der Waals surface area (Å²) in [5.74, 6) is 0.139. The Bertz CT molecular complexity index is 692. The molecule has 2 aromatic carbocycles. The van der Waals surface area contributed by atoms with Crippen LogP contribution < -0.4 is 10.0 Å². The lowest BCUT2D eigenvalue weighted by molar-refractivity contribution is 0.600. The number of sulfonamides is 1. The molecule has 0 aromatic heterocycles. The van der Waals surface area contributed by atoms with E-state index >= 15 is 0 Å². The Morgan fingerprint density at radius 3 is 2.09 bits per heavy atom. The van der Waals surface area contributed by atoms with Crippen molar-refractivity contribution in [2.45, 2.75) is 26.8 Å². The highest BCUT2D eigenvalue weighted by molar-refractivity contribution is 7.92. The molecule has 0 saturated heterocycles. The monoisotopic (exact) mass is 318 g/mol. The van der Waals surface area contributed by atoms with Gasteiger partial charge in [0, 0.05) is 17.9 Å². The van der Waals surface area contributed by atoms with E-state index in [-0.39, 0.29) is 5.75 Å². The van der Waals surface area contributed by atoms with Crippen LogP contribution in [-0.2, 0) is 16.6 Å². The average Bonchev–Trinajstić information content (AvgIpc) is 2.48. The molecule has 0 heterocycles. The lowest BCUT2D eigenvalue weighted by atomic mass is 10.1. The predicted octanol–water partition coefficient (Wildman–Crippen LogP) is 3.76. The van der Waals surface area contributed by atoms with Crippen molar-refractivity contribution in [1.82, 2.24) is 0 Å². The summed E-state index contributed by atoms with van der Waals surface area (Å²) in [7, 11) is -3.23. The van der Waals surface area contributed by atoms with Gasteiger partial charge in [0.05, 0.1) is 5.75 Å². The molecule has 0 radical (unpaired) electrons. The highest BCUT2D eigenvalue weighted by Gasteiger charge is 2.08. The summed E-state index contributed by atoms with van der Waals surface area (Å²) in [6.45, 7) is 4.65. The van der Waals surface area contributed by atoms with Gasteiger partial charge in [-0.15, -0.1) is 0 Å². The number of aryl methyl sites for hydroxylation is 1. The molecule has 0 saturated carbocycles. The van der Waals surface area contributed by atoms with Gasteiger partial charge in [0.25, 0.3) is 0 Å². The highest BCUT2D eigenvalue weighted by atomic mass is 32.2. The van der Waals surface area contributed by atoms with Crippen LogP contribution in [0.15, 0.2) is 48.5 Å². The van der Waals surface area contributed by atoms with Gasteiger partial charge in [-0.1, -0.05) is 36.8 Å². The molecule has 118 valence electrons. The van der Waals surface area contributed by atoms with Crippen LogP contribution in [0, 0.1) is 6.92 Å². The summed E-state index contributed by atoms with van der Waals surface area (Å²) >= 11 is 0. The standard InChI is InChI=1S/C17H22N2O2S/c1-3-12-22(20,21)19-17-10-8-16(9-11-17)18-13-15-6-4-14(2)5-7-15/h4-11,18-19H,3,12-13H2,1-2H3. The van der Waals surface area contributed by atoms with Gasteiger partial charge in [-0.3, -0.25) is 4.72 Å². The quantitative estimate of drug-likeness (QED) is 0.817. The van der Waals surface area contributed by atoms with Crippen molar-refractivity contribution in [3.8, 4) is 0 Å². The van der Waals surface area contributed by atoms with Crippen molar-refractivity contribution in [2.75, 3.05) is 15.8 Å². The molecule has 0 unspecified atom stereocenters. The van der Waals surface area contributed by atoms with E-state index in [1.54, 1.807) is 12.1 Å². The number of hydrogen-bond acceptors (Lipinski definition) is 3. The zero-order valence-electron chi connectivity index (χ0n) is 13.0. The van der Waals surface area contributed by atoms with Crippen LogP contribution in [0.25, 0.3) is 0 Å². The molecular formula is C17H22N2O2S. The van der Waals surface area contributed by atoms with Crippen LogP contribution in [0.2, 0.25) is 0 Å². The molecule has 0 spiro atoms. The third kappa shape index (κ3) is 5.07. The predicted molar refractivity (Wildman–Crippen MR) is 92.6 cm³/mol. The van der Waals surface area contributed by atoms with E-state index in [1.165, 1.54) is 11.1 Å². The maximum absolute atomic E-state index is 11.7. The summed E-state index contributed by atoms with van der Waals surface area (Å²) in [5, 5.41) is 3.32. The number of benzene rings is 2. The molecule has 2 rings (SSSR count). The Labute approximate surface area is 132 Å². The van der Waals surface area contributed by atoms with Crippen LogP contribution in [0.5, 0.6) is 0 Å². The fourth-order valence-corrected chi connectivity index (χ4v) is 3.20. The van der Waals surface area contributed by atoms with E-state index in [4.69, 9.17) is 0 Å². The molecule has 2 aromatic rings. The lowest BCUT2D eigenvalue weighted by Gasteiger charge is -2.10. The van der Waals surface area contributed by atoms with Crippen molar-refractivity contribution >= 4 is 21.4 Å². The third-order valence-electron chi connectivity index (χ3n) is 3.25. The van der Waals surface area contributed by atoms with Gasteiger partial charge >= 0.3 is 0 Å². The first-order valence-electron chi connectivity index (χ1n) is 7.38. The number of anilines is 2. The number of rotatable bonds is 7. The smallest absolute Gasteiger partial charge is 0.232 e. The summed E-state index contributed by atoms with van der Waals surface area (Å²) in [4.78, 5) is 0. The second kappa shape index (κ2) is 7.31. The van der Waals surface area contributed by atoms with Gasteiger partial charge in [0.1, 0.15) is 0 Å². The molecule has 0 aliphatic rings. The van der Waals surface area contributed by atoms with E-state index in [2.05, 4.69) is 41.2 Å². The Kier molecular flexibility index (Phi) is 5.44. The molecule has 0 aliphatic carbocycles. The molecule has 5 heteroatoms. The fraction of sp³-hybridized carbons (Fsp3) is 0.294. The van der Waals surface area contributed by atoms with Gasteiger partial charge in [0.15, 0.2) is 0 Å². The van der Waals surface area contributed by atoms with Crippen molar-refractivity contribution < 1.29 is 8.42 Å². The molecule has 0 amide bonds. The first-order valence-corrected chi connectivity index (χ1v) is 9.04. The summed E-state index contributed by atoms with van der Waals surface area (Å²) in [6, 6.07) is 15.6. The van der Waals surface area contributed by atoms with Crippen molar-refractivity contribution in [2.24, 2.45) is 0 Å². The minimum absolute atomic E-state index is 0.139. The van der Waals surface area contributed by atoms with E-state index in [1.807, 2.05) is 19.1 Å². The summed E-state index contributed by atoms with van der Waals surface area (Å²) in [6.07, 6.45) is 0.603. The van der Waals surface area contributed by atoms with Crippen LogP contribution in [0.4, 0.5) is 11.4 Å². The second-order valence-corrected chi connectivity index (χ2v) is 7.18. The van der Waals surface area contributed by atoms with Gasteiger partial charge in [0.2, 0.25) is 10.0 Å².